The maximum atomic E-state index is 6.37. The van der Waals surface area contributed by atoms with Gasteiger partial charge in [0.05, 0.1) is 5.60 Å². The highest BCUT2D eigenvalue weighted by Crippen LogP contribution is 2.31. The molecule has 0 amide bonds. The molecule has 0 bridgehead atoms. The molecule has 1 aliphatic rings. The standard InChI is InChI=1S/C13H27NO2/c1-4-11(3)10-12(14)13(16-5-2)6-8-15-9-7-13/h11-12H,4-10,14H2,1-3H3. The molecule has 0 radical (unpaired) electrons. The molecule has 0 aromatic rings. The normalized spacial score (nSPS) is 24.0. The van der Waals surface area contributed by atoms with E-state index in [2.05, 4.69) is 13.8 Å². The Balaban J connectivity index is 2.59. The van der Waals surface area contributed by atoms with E-state index in [1.165, 1.54) is 6.42 Å². The molecule has 2 unspecified atom stereocenters. The monoisotopic (exact) mass is 229 g/mol. The van der Waals surface area contributed by atoms with Crippen molar-refractivity contribution in [2.75, 3.05) is 19.8 Å². The number of rotatable bonds is 6. The summed E-state index contributed by atoms with van der Waals surface area (Å²) in [6.07, 6.45) is 4.12. The summed E-state index contributed by atoms with van der Waals surface area (Å²) >= 11 is 0. The molecule has 1 heterocycles. The molecule has 16 heavy (non-hydrogen) atoms. The summed E-state index contributed by atoms with van der Waals surface area (Å²) in [6.45, 7) is 8.84. The van der Waals surface area contributed by atoms with Crippen LogP contribution in [-0.4, -0.2) is 31.5 Å². The minimum atomic E-state index is -0.129. The van der Waals surface area contributed by atoms with Gasteiger partial charge in [0.25, 0.3) is 0 Å². The first-order valence-electron chi connectivity index (χ1n) is 6.62. The molecular weight excluding hydrogens is 202 g/mol. The Kier molecular flexibility index (Phi) is 5.73. The van der Waals surface area contributed by atoms with Gasteiger partial charge in [-0.25, -0.2) is 0 Å². The first-order valence-corrected chi connectivity index (χ1v) is 6.62. The number of hydrogen-bond acceptors (Lipinski definition) is 3. The van der Waals surface area contributed by atoms with E-state index < -0.39 is 0 Å². The molecule has 0 spiro atoms. The van der Waals surface area contributed by atoms with E-state index in [0.717, 1.165) is 39.1 Å². The fraction of sp³-hybridized carbons (Fsp3) is 1.00. The second kappa shape index (κ2) is 6.58. The smallest absolute Gasteiger partial charge is 0.0876 e. The van der Waals surface area contributed by atoms with E-state index >= 15 is 0 Å². The molecule has 3 nitrogen and oxygen atoms in total. The topological polar surface area (TPSA) is 44.5 Å². The quantitative estimate of drug-likeness (QED) is 0.760. The molecule has 1 aliphatic heterocycles. The van der Waals surface area contributed by atoms with E-state index in [-0.39, 0.29) is 11.6 Å². The minimum absolute atomic E-state index is 0.129. The number of ether oxygens (including phenoxy) is 2. The number of hydrogen-bond donors (Lipinski definition) is 1. The van der Waals surface area contributed by atoms with Crippen LogP contribution in [0.2, 0.25) is 0 Å². The Labute approximate surface area is 99.7 Å². The Morgan fingerprint density at radius 1 is 1.31 bits per heavy atom. The van der Waals surface area contributed by atoms with Gasteiger partial charge in [-0.3, -0.25) is 0 Å². The van der Waals surface area contributed by atoms with Crippen LogP contribution in [0.25, 0.3) is 0 Å². The largest absolute Gasteiger partial charge is 0.381 e. The van der Waals surface area contributed by atoms with Crippen molar-refractivity contribution < 1.29 is 9.47 Å². The van der Waals surface area contributed by atoms with Crippen molar-refractivity contribution in [3.63, 3.8) is 0 Å². The lowest BCUT2D eigenvalue weighted by Gasteiger charge is -2.42. The average molecular weight is 229 g/mol. The summed E-state index contributed by atoms with van der Waals surface area (Å²) in [5.74, 6) is 0.676. The zero-order valence-corrected chi connectivity index (χ0v) is 11.0. The van der Waals surface area contributed by atoms with Gasteiger partial charge in [0.2, 0.25) is 0 Å². The van der Waals surface area contributed by atoms with Gasteiger partial charge in [0, 0.05) is 38.7 Å². The molecule has 1 rings (SSSR count). The molecule has 1 fully saturated rings. The molecule has 1 saturated heterocycles. The highest BCUT2D eigenvalue weighted by atomic mass is 16.5. The van der Waals surface area contributed by atoms with Crippen LogP contribution in [0.5, 0.6) is 0 Å². The van der Waals surface area contributed by atoms with Crippen LogP contribution >= 0.6 is 0 Å². The highest BCUT2D eigenvalue weighted by molar-refractivity contribution is 4.93. The second-order valence-corrected chi connectivity index (χ2v) is 4.97. The van der Waals surface area contributed by atoms with Crippen LogP contribution in [0.15, 0.2) is 0 Å². The van der Waals surface area contributed by atoms with Crippen molar-refractivity contribution in [1.29, 1.82) is 0 Å². The zero-order valence-electron chi connectivity index (χ0n) is 11.0. The van der Waals surface area contributed by atoms with Crippen molar-refractivity contribution in [2.24, 2.45) is 11.7 Å². The van der Waals surface area contributed by atoms with E-state index in [4.69, 9.17) is 15.2 Å². The third-order valence-corrected chi connectivity index (χ3v) is 3.80. The van der Waals surface area contributed by atoms with Crippen molar-refractivity contribution in [3.8, 4) is 0 Å². The van der Waals surface area contributed by atoms with Crippen LogP contribution in [0, 0.1) is 5.92 Å². The van der Waals surface area contributed by atoms with E-state index in [0.29, 0.717) is 5.92 Å². The summed E-state index contributed by atoms with van der Waals surface area (Å²) in [5, 5.41) is 0. The van der Waals surface area contributed by atoms with Crippen molar-refractivity contribution in [2.45, 2.75) is 58.1 Å². The van der Waals surface area contributed by atoms with Crippen LogP contribution in [-0.2, 0) is 9.47 Å². The minimum Gasteiger partial charge on any atom is -0.381 e. The molecule has 96 valence electrons. The lowest BCUT2D eigenvalue weighted by atomic mass is 9.81. The van der Waals surface area contributed by atoms with Crippen LogP contribution in [0.3, 0.4) is 0 Å². The average Bonchev–Trinajstić information content (AvgIpc) is 2.30. The second-order valence-electron chi connectivity index (χ2n) is 4.97. The van der Waals surface area contributed by atoms with Gasteiger partial charge in [-0.1, -0.05) is 20.3 Å². The summed E-state index contributed by atoms with van der Waals surface area (Å²) in [6, 6.07) is 0.145. The first kappa shape index (κ1) is 13.9. The van der Waals surface area contributed by atoms with Gasteiger partial charge < -0.3 is 15.2 Å². The maximum Gasteiger partial charge on any atom is 0.0876 e. The van der Waals surface area contributed by atoms with Gasteiger partial charge in [0.15, 0.2) is 0 Å². The number of nitrogens with two attached hydrogens (primary N) is 1. The van der Waals surface area contributed by atoms with Gasteiger partial charge in [-0.15, -0.1) is 0 Å². The summed E-state index contributed by atoms with van der Waals surface area (Å²) in [5.41, 5.74) is 6.24. The first-order chi connectivity index (χ1) is 7.64. The zero-order chi connectivity index (χ0) is 12.0. The third-order valence-electron chi connectivity index (χ3n) is 3.80. The molecule has 2 atom stereocenters. The molecule has 0 aromatic carbocycles. The lowest BCUT2D eigenvalue weighted by Crippen LogP contribution is -2.54. The molecule has 0 saturated carbocycles. The van der Waals surface area contributed by atoms with Gasteiger partial charge in [-0.2, -0.15) is 0 Å². The van der Waals surface area contributed by atoms with Crippen LogP contribution in [0.1, 0.15) is 46.5 Å². The molecule has 2 N–H and O–H groups in total. The Morgan fingerprint density at radius 3 is 2.44 bits per heavy atom. The summed E-state index contributed by atoms with van der Waals surface area (Å²) in [4.78, 5) is 0. The van der Waals surface area contributed by atoms with E-state index in [1.807, 2.05) is 6.92 Å². The lowest BCUT2D eigenvalue weighted by molar-refractivity contribution is -0.123. The molecule has 0 aromatic heterocycles. The highest BCUT2D eigenvalue weighted by Gasteiger charge is 2.39. The summed E-state index contributed by atoms with van der Waals surface area (Å²) in [7, 11) is 0. The summed E-state index contributed by atoms with van der Waals surface area (Å²) < 4.78 is 11.4. The van der Waals surface area contributed by atoms with Crippen molar-refractivity contribution in [3.05, 3.63) is 0 Å². The van der Waals surface area contributed by atoms with Crippen molar-refractivity contribution >= 4 is 0 Å². The molecular formula is C13H27NO2. The molecule has 3 heteroatoms. The fourth-order valence-electron chi connectivity index (χ4n) is 2.44. The predicted molar refractivity (Wildman–Crippen MR) is 66.5 cm³/mol. The third kappa shape index (κ3) is 3.44. The van der Waals surface area contributed by atoms with Crippen LogP contribution < -0.4 is 5.73 Å². The SMILES string of the molecule is CCOC1(C(N)CC(C)CC)CCOCC1. The predicted octanol–water partition coefficient (Wildman–Crippen LogP) is 2.34. The Morgan fingerprint density at radius 2 is 1.94 bits per heavy atom. The van der Waals surface area contributed by atoms with Gasteiger partial charge >= 0.3 is 0 Å². The Bertz CT molecular complexity index is 185. The fourth-order valence-corrected chi connectivity index (χ4v) is 2.44. The van der Waals surface area contributed by atoms with Crippen LogP contribution in [0.4, 0.5) is 0 Å². The van der Waals surface area contributed by atoms with E-state index in [9.17, 15) is 0 Å². The Hall–Kier alpha value is -0.120. The maximum absolute atomic E-state index is 6.37. The van der Waals surface area contributed by atoms with Crippen molar-refractivity contribution in [1.82, 2.24) is 0 Å². The van der Waals surface area contributed by atoms with Gasteiger partial charge in [-0.05, 0) is 19.3 Å². The van der Waals surface area contributed by atoms with E-state index in [1.54, 1.807) is 0 Å². The molecule has 0 aliphatic carbocycles. The van der Waals surface area contributed by atoms with Gasteiger partial charge in [0.1, 0.15) is 0 Å².